The molecule has 3 heterocycles. The Balaban J connectivity index is 1.47. The Labute approximate surface area is 126 Å². The summed E-state index contributed by atoms with van der Waals surface area (Å²) < 4.78 is 0. The highest BCUT2D eigenvalue weighted by Crippen LogP contribution is 2.37. The monoisotopic (exact) mass is 296 g/mol. The molecular formula is C15H16N6O. The van der Waals surface area contributed by atoms with Crippen LogP contribution in [0.2, 0.25) is 0 Å². The minimum atomic E-state index is -0.0799. The van der Waals surface area contributed by atoms with Crippen LogP contribution in [-0.2, 0) is 0 Å². The fourth-order valence-corrected chi connectivity index (χ4v) is 2.97. The van der Waals surface area contributed by atoms with E-state index in [-0.39, 0.29) is 5.56 Å². The summed E-state index contributed by atoms with van der Waals surface area (Å²) >= 11 is 0. The molecule has 1 aliphatic rings. The Morgan fingerprint density at radius 3 is 3.00 bits per heavy atom. The van der Waals surface area contributed by atoms with Crippen LogP contribution in [0.3, 0.4) is 0 Å². The molecule has 1 saturated carbocycles. The first-order valence-electron chi connectivity index (χ1n) is 7.31. The number of fused-ring (bicyclic) bond motifs is 1. The molecule has 0 unspecified atom stereocenters. The van der Waals surface area contributed by atoms with Gasteiger partial charge in [0.1, 0.15) is 23.6 Å². The number of aryl methyl sites for hydroxylation is 1. The summed E-state index contributed by atoms with van der Waals surface area (Å²) in [5, 5.41) is 4.45. The number of rotatable bonds is 3. The molecule has 0 saturated heterocycles. The van der Waals surface area contributed by atoms with Crippen molar-refractivity contribution in [2.24, 2.45) is 0 Å². The minimum Gasteiger partial charge on any atom is -0.367 e. The molecule has 0 aliphatic heterocycles. The number of nitrogens with zero attached hydrogens (tertiary/aromatic N) is 3. The van der Waals surface area contributed by atoms with Gasteiger partial charge in [-0.3, -0.25) is 4.79 Å². The van der Waals surface area contributed by atoms with Gasteiger partial charge in [-0.1, -0.05) is 0 Å². The molecule has 3 aromatic heterocycles. The first-order chi connectivity index (χ1) is 10.7. The van der Waals surface area contributed by atoms with Crippen molar-refractivity contribution in [3.8, 4) is 0 Å². The highest BCUT2D eigenvalue weighted by molar-refractivity contribution is 5.86. The predicted molar refractivity (Wildman–Crippen MR) is 82.9 cm³/mol. The molecule has 0 spiro atoms. The van der Waals surface area contributed by atoms with Crippen LogP contribution in [0.4, 0.5) is 5.82 Å². The smallest absolute Gasteiger partial charge is 0.251 e. The van der Waals surface area contributed by atoms with E-state index in [2.05, 4.69) is 30.2 Å². The van der Waals surface area contributed by atoms with E-state index in [9.17, 15) is 4.79 Å². The molecular weight excluding hydrogens is 280 g/mol. The maximum atomic E-state index is 11.5. The van der Waals surface area contributed by atoms with E-state index in [1.165, 1.54) is 0 Å². The van der Waals surface area contributed by atoms with Gasteiger partial charge in [0, 0.05) is 24.2 Å². The van der Waals surface area contributed by atoms with Gasteiger partial charge in [-0.25, -0.2) is 15.0 Å². The molecule has 1 fully saturated rings. The van der Waals surface area contributed by atoms with Gasteiger partial charge in [-0.05, 0) is 25.8 Å². The first-order valence-corrected chi connectivity index (χ1v) is 7.31. The van der Waals surface area contributed by atoms with Crippen LogP contribution in [0.25, 0.3) is 11.0 Å². The molecule has 3 aromatic rings. The van der Waals surface area contributed by atoms with Gasteiger partial charge in [-0.15, -0.1) is 0 Å². The molecule has 7 heteroatoms. The van der Waals surface area contributed by atoms with Crippen molar-refractivity contribution >= 4 is 16.9 Å². The van der Waals surface area contributed by atoms with Gasteiger partial charge in [0.15, 0.2) is 0 Å². The Bertz CT molecular complexity index is 877. The third-order valence-corrected chi connectivity index (χ3v) is 4.13. The average Bonchev–Trinajstić information content (AvgIpc) is 2.90. The second-order valence-electron chi connectivity index (χ2n) is 5.73. The lowest BCUT2D eigenvalue weighted by atomic mass is 9.78. The highest BCUT2D eigenvalue weighted by atomic mass is 16.1. The number of aromatic nitrogens is 5. The van der Waals surface area contributed by atoms with Crippen LogP contribution >= 0.6 is 0 Å². The van der Waals surface area contributed by atoms with Gasteiger partial charge >= 0.3 is 0 Å². The molecule has 112 valence electrons. The van der Waals surface area contributed by atoms with Crippen LogP contribution in [0.1, 0.15) is 30.3 Å². The summed E-state index contributed by atoms with van der Waals surface area (Å²) in [6, 6.07) is 3.91. The van der Waals surface area contributed by atoms with Crippen LogP contribution in [-0.4, -0.2) is 31.0 Å². The number of H-pyrrole nitrogens is 2. The fraction of sp³-hybridized carbons (Fsp3) is 0.333. The third kappa shape index (κ3) is 2.24. The van der Waals surface area contributed by atoms with Crippen molar-refractivity contribution in [3.05, 3.63) is 46.5 Å². The first kappa shape index (κ1) is 13.0. The number of anilines is 1. The maximum Gasteiger partial charge on any atom is 0.251 e. The summed E-state index contributed by atoms with van der Waals surface area (Å²) in [6.07, 6.45) is 5.31. The zero-order valence-electron chi connectivity index (χ0n) is 12.1. The van der Waals surface area contributed by atoms with E-state index in [0.717, 1.165) is 35.4 Å². The van der Waals surface area contributed by atoms with E-state index in [1.807, 2.05) is 19.2 Å². The lowest BCUT2D eigenvalue weighted by molar-refractivity contribution is 0.365. The summed E-state index contributed by atoms with van der Waals surface area (Å²) in [7, 11) is 0. The Morgan fingerprint density at radius 2 is 2.18 bits per heavy atom. The van der Waals surface area contributed by atoms with Crippen LogP contribution in [0.5, 0.6) is 0 Å². The molecule has 0 bridgehead atoms. The largest absolute Gasteiger partial charge is 0.367 e. The number of nitrogens with one attached hydrogen (secondary N) is 3. The molecule has 1 aliphatic carbocycles. The minimum absolute atomic E-state index is 0.0799. The van der Waals surface area contributed by atoms with E-state index in [1.54, 1.807) is 12.4 Å². The van der Waals surface area contributed by atoms with E-state index >= 15 is 0 Å². The Hall–Kier alpha value is -2.70. The second-order valence-corrected chi connectivity index (χ2v) is 5.73. The third-order valence-electron chi connectivity index (χ3n) is 4.13. The van der Waals surface area contributed by atoms with Gasteiger partial charge in [0.2, 0.25) is 0 Å². The van der Waals surface area contributed by atoms with Gasteiger partial charge in [0.05, 0.1) is 11.1 Å². The van der Waals surface area contributed by atoms with Crippen molar-refractivity contribution in [1.29, 1.82) is 0 Å². The van der Waals surface area contributed by atoms with Crippen LogP contribution < -0.4 is 10.9 Å². The molecule has 3 N–H and O–H groups in total. The number of hydrogen-bond donors (Lipinski definition) is 3. The molecule has 0 radical (unpaired) electrons. The quantitative estimate of drug-likeness (QED) is 0.683. The van der Waals surface area contributed by atoms with E-state index in [4.69, 9.17) is 0 Å². The number of hydrogen-bond acceptors (Lipinski definition) is 5. The van der Waals surface area contributed by atoms with Gasteiger partial charge < -0.3 is 15.3 Å². The fourth-order valence-electron chi connectivity index (χ4n) is 2.97. The number of aromatic amines is 2. The van der Waals surface area contributed by atoms with Gasteiger partial charge in [0.25, 0.3) is 5.56 Å². The van der Waals surface area contributed by atoms with Crippen LogP contribution in [0.15, 0.2) is 29.5 Å². The highest BCUT2D eigenvalue weighted by Gasteiger charge is 2.32. The second kappa shape index (κ2) is 4.94. The lowest BCUT2D eigenvalue weighted by Gasteiger charge is -2.35. The summed E-state index contributed by atoms with van der Waals surface area (Å²) in [6.45, 7) is 1.81. The van der Waals surface area contributed by atoms with Gasteiger partial charge in [-0.2, -0.15) is 0 Å². The standard InChI is InChI=1S/C15H16N6O/c1-8-19-12(6-13(22)20-8)9-4-10(5-9)21-15-11-2-3-16-14(11)17-7-18-15/h2-3,6-7,9-10H,4-5H2,1H3,(H,19,20,22)(H2,16,17,18,21). The zero-order chi connectivity index (χ0) is 15.1. The Kier molecular flexibility index (Phi) is 2.92. The lowest BCUT2D eigenvalue weighted by Crippen LogP contribution is -2.35. The maximum absolute atomic E-state index is 11.5. The van der Waals surface area contributed by atoms with Crippen molar-refractivity contribution in [3.63, 3.8) is 0 Å². The average molecular weight is 296 g/mol. The molecule has 22 heavy (non-hydrogen) atoms. The molecule has 0 amide bonds. The van der Waals surface area contributed by atoms with E-state index in [0.29, 0.717) is 17.8 Å². The topological polar surface area (TPSA) is 99.3 Å². The molecule has 0 atom stereocenters. The summed E-state index contributed by atoms with van der Waals surface area (Å²) in [5.74, 6) is 1.86. The summed E-state index contributed by atoms with van der Waals surface area (Å²) in [5.41, 5.74) is 1.64. The normalized spacial score (nSPS) is 20.8. The van der Waals surface area contributed by atoms with E-state index < -0.39 is 0 Å². The van der Waals surface area contributed by atoms with Crippen molar-refractivity contribution in [2.45, 2.75) is 31.7 Å². The Morgan fingerprint density at radius 1 is 1.32 bits per heavy atom. The predicted octanol–water partition coefficient (Wildman–Crippen LogP) is 1.71. The SMILES string of the molecule is Cc1nc(C2CC(Nc3ncnc4[nH]ccc34)C2)cc(=O)[nH]1. The molecule has 4 rings (SSSR count). The van der Waals surface area contributed by atoms with Crippen molar-refractivity contribution in [2.75, 3.05) is 5.32 Å². The van der Waals surface area contributed by atoms with Crippen molar-refractivity contribution < 1.29 is 0 Å². The van der Waals surface area contributed by atoms with Crippen LogP contribution in [0, 0.1) is 6.92 Å². The summed E-state index contributed by atoms with van der Waals surface area (Å²) in [4.78, 5) is 30.2. The molecule has 0 aromatic carbocycles. The molecule has 7 nitrogen and oxygen atoms in total. The zero-order valence-corrected chi connectivity index (χ0v) is 12.1. The van der Waals surface area contributed by atoms with Crippen molar-refractivity contribution in [1.82, 2.24) is 24.9 Å².